The summed E-state index contributed by atoms with van der Waals surface area (Å²) in [6.45, 7) is 0.125. The van der Waals surface area contributed by atoms with Crippen molar-refractivity contribution in [3.8, 4) is 5.75 Å². The number of alkyl halides is 2. The molecule has 0 fully saturated rings. The summed E-state index contributed by atoms with van der Waals surface area (Å²) in [5, 5.41) is 6.10. The van der Waals surface area contributed by atoms with Crippen molar-refractivity contribution in [1.82, 2.24) is 10.6 Å². The molecule has 0 aromatic heterocycles. The molecule has 0 spiro atoms. The Balaban J connectivity index is 0.00000450. The van der Waals surface area contributed by atoms with Crippen molar-refractivity contribution in [3.05, 3.63) is 60.2 Å². The first kappa shape index (κ1) is 26.1. The van der Waals surface area contributed by atoms with Crippen molar-refractivity contribution < 1.29 is 21.9 Å². The molecule has 2 rings (SSSR count). The van der Waals surface area contributed by atoms with Crippen LogP contribution in [0, 0.1) is 0 Å². The summed E-state index contributed by atoms with van der Waals surface area (Å²) < 4.78 is 54.1. The summed E-state index contributed by atoms with van der Waals surface area (Å²) in [7, 11) is -3.33. The van der Waals surface area contributed by atoms with Gasteiger partial charge in [0.25, 0.3) is 0 Å². The highest BCUT2D eigenvalue weighted by atomic mass is 127. The molecule has 30 heavy (non-hydrogen) atoms. The quantitative estimate of drug-likeness (QED) is 0.203. The largest absolute Gasteiger partial charge is 0.434 e. The second-order valence-electron chi connectivity index (χ2n) is 6.09. The predicted octanol–water partition coefficient (Wildman–Crippen LogP) is 3.83. The lowest BCUT2D eigenvalue weighted by atomic mass is 10.2. The topological polar surface area (TPSA) is 79.8 Å². The number of sulfone groups is 1. The Bertz CT molecular complexity index is 897. The van der Waals surface area contributed by atoms with Gasteiger partial charge in [0, 0.05) is 18.7 Å². The minimum absolute atomic E-state index is 0. The molecule has 166 valence electrons. The van der Waals surface area contributed by atoms with Crippen LogP contribution in [0.1, 0.15) is 18.9 Å². The van der Waals surface area contributed by atoms with Gasteiger partial charge in [-0.1, -0.05) is 36.4 Å². The van der Waals surface area contributed by atoms with E-state index in [-0.39, 0.29) is 42.0 Å². The summed E-state index contributed by atoms with van der Waals surface area (Å²) in [6.07, 6.45) is 0.396. The summed E-state index contributed by atoms with van der Waals surface area (Å²) in [6, 6.07) is 14.8. The van der Waals surface area contributed by atoms with Gasteiger partial charge in [0.05, 0.1) is 17.2 Å². The third kappa shape index (κ3) is 8.82. The number of ether oxygens (including phenoxy) is 1. The van der Waals surface area contributed by atoms with E-state index in [0.29, 0.717) is 35.9 Å². The molecule has 0 aliphatic rings. The van der Waals surface area contributed by atoms with Crippen molar-refractivity contribution >= 4 is 39.8 Å². The lowest BCUT2D eigenvalue weighted by Crippen LogP contribution is -2.38. The highest BCUT2D eigenvalue weighted by Crippen LogP contribution is 2.20. The van der Waals surface area contributed by atoms with E-state index in [0.717, 1.165) is 0 Å². The summed E-state index contributed by atoms with van der Waals surface area (Å²) in [4.78, 5) is 4.67. The van der Waals surface area contributed by atoms with Gasteiger partial charge >= 0.3 is 6.61 Å². The van der Waals surface area contributed by atoms with Crippen LogP contribution in [0.25, 0.3) is 0 Å². The van der Waals surface area contributed by atoms with Gasteiger partial charge in [-0.25, -0.2) is 13.4 Å². The smallest absolute Gasteiger partial charge is 0.387 e. The maximum atomic E-state index is 12.5. The Hall–Kier alpha value is -1.95. The summed E-state index contributed by atoms with van der Waals surface area (Å²) >= 11 is 0. The Morgan fingerprint density at radius 3 is 2.40 bits per heavy atom. The Labute approximate surface area is 193 Å². The average Bonchev–Trinajstić information content (AvgIpc) is 2.70. The maximum absolute atomic E-state index is 12.5. The van der Waals surface area contributed by atoms with E-state index in [1.54, 1.807) is 48.5 Å². The van der Waals surface area contributed by atoms with E-state index in [1.165, 1.54) is 6.07 Å². The van der Waals surface area contributed by atoms with Crippen LogP contribution in [0.5, 0.6) is 5.75 Å². The fraction of sp³-hybridized carbons (Fsp3) is 0.350. The van der Waals surface area contributed by atoms with E-state index in [2.05, 4.69) is 20.4 Å². The first-order chi connectivity index (χ1) is 13.9. The number of nitrogens with one attached hydrogen (secondary N) is 2. The fourth-order valence-corrected chi connectivity index (χ4v) is 3.90. The molecule has 0 amide bonds. The zero-order chi connectivity index (χ0) is 21.1. The molecule has 0 aliphatic heterocycles. The number of para-hydroxylation sites is 1. The summed E-state index contributed by atoms with van der Waals surface area (Å²) in [5.41, 5.74) is 0.525. The molecule has 0 saturated heterocycles. The van der Waals surface area contributed by atoms with Gasteiger partial charge in [-0.3, -0.25) is 0 Å². The van der Waals surface area contributed by atoms with E-state index < -0.39 is 16.4 Å². The number of benzene rings is 2. The standard InChI is InChI=1S/C20H25F2N3O3S.HI/c1-2-23-20(25-15-16-9-6-7-12-18(16)28-19(21)22)24-13-8-14-29(26,27)17-10-4-3-5-11-17;/h3-7,9-12,19H,2,8,13-15H2,1H3,(H2,23,24,25);1H. The zero-order valence-corrected chi connectivity index (χ0v) is 19.7. The average molecular weight is 553 g/mol. The van der Waals surface area contributed by atoms with Gasteiger partial charge in [-0.05, 0) is 31.5 Å². The Morgan fingerprint density at radius 1 is 1.07 bits per heavy atom. The molecule has 2 aromatic carbocycles. The lowest BCUT2D eigenvalue weighted by Gasteiger charge is -2.13. The van der Waals surface area contributed by atoms with Crippen LogP contribution < -0.4 is 15.4 Å². The highest BCUT2D eigenvalue weighted by Gasteiger charge is 2.13. The van der Waals surface area contributed by atoms with E-state index in [1.807, 2.05) is 6.92 Å². The number of guanidine groups is 1. The lowest BCUT2D eigenvalue weighted by molar-refractivity contribution is -0.0504. The number of rotatable bonds is 10. The SMILES string of the molecule is CCNC(=NCc1ccccc1OC(F)F)NCCCS(=O)(=O)c1ccccc1.I. The number of aliphatic imine (C=N–C) groups is 1. The minimum Gasteiger partial charge on any atom is -0.434 e. The molecule has 0 atom stereocenters. The second-order valence-corrected chi connectivity index (χ2v) is 8.20. The van der Waals surface area contributed by atoms with Crippen molar-refractivity contribution in [1.29, 1.82) is 0 Å². The van der Waals surface area contributed by atoms with Crippen LogP contribution in [0.15, 0.2) is 64.5 Å². The monoisotopic (exact) mass is 553 g/mol. The second kappa shape index (κ2) is 13.4. The van der Waals surface area contributed by atoms with Gasteiger partial charge in [0.15, 0.2) is 15.8 Å². The summed E-state index contributed by atoms with van der Waals surface area (Å²) in [5.74, 6) is 0.557. The van der Waals surface area contributed by atoms with Crippen LogP contribution in [0.3, 0.4) is 0 Å². The van der Waals surface area contributed by atoms with Crippen LogP contribution in [0.4, 0.5) is 8.78 Å². The maximum Gasteiger partial charge on any atom is 0.387 e. The van der Waals surface area contributed by atoms with Crippen molar-refractivity contribution in [3.63, 3.8) is 0 Å². The number of hydrogen-bond donors (Lipinski definition) is 2. The van der Waals surface area contributed by atoms with Gasteiger partial charge in [-0.2, -0.15) is 8.78 Å². The number of hydrogen-bond acceptors (Lipinski definition) is 4. The molecule has 0 heterocycles. The van der Waals surface area contributed by atoms with Crippen LogP contribution in [-0.2, 0) is 16.4 Å². The molecule has 2 N–H and O–H groups in total. The molecule has 0 aliphatic carbocycles. The molecule has 0 bridgehead atoms. The third-order valence-electron chi connectivity index (χ3n) is 3.93. The zero-order valence-electron chi connectivity index (χ0n) is 16.6. The molecular formula is C20H26F2IN3O3S. The van der Waals surface area contributed by atoms with Gasteiger partial charge < -0.3 is 15.4 Å². The van der Waals surface area contributed by atoms with Crippen LogP contribution in [0.2, 0.25) is 0 Å². The van der Waals surface area contributed by atoms with Gasteiger partial charge in [0.1, 0.15) is 5.75 Å². The Kier molecular flexibility index (Phi) is 11.6. The van der Waals surface area contributed by atoms with Gasteiger partial charge in [0.2, 0.25) is 0 Å². The minimum atomic E-state index is -3.33. The third-order valence-corrected chi connectivity index (χ3v) is 5.74. The molecule has 2 aromatic rings. The van der Waals surface area contributed by atoms with Crippen molar-refractivity contribution in [2.75, 3.05) is 18.8 Å². The molecule has 0 radical (unpaired) electrons. The Morgan fingerprint density at radius 2 is 1.73 bits per heavy atom. The number of halogens is 3. The molecule has 0 saturated carbocycles. The van der Waals surface area contributed by atoms with E-state index in [9.17, 15) is 17.2 Å². The predicted molar refractivity (Wildman–Crippen MR) is 124 cm³/mol. The van der Waals surface area contributed by atoms with Crippen LogP contribution >= 0.6 is 24.0 Å². The van der Waals surface area contributed by atoms with Crippen molar-refractivity contribution in [2.24, 2.45) is 4.99 Å². The molecular weight excluding hydrogens is 527 g/mol. The molecule has 0 unspecified atom stereocenters. The first-order valence-electron chi connectivity index (χ1n) is 9.25. The van der Waals surface area contributed by atoms with E-state index >= 15 is 0 Å². The normalized spacial score (nSPS) is 11.7. The molecule has 6 nitrogen and oxygen atoms in total. The van der Waals surface area contributed by atoms with Gasteiger partial charge in [-0.15, -0.1) is 24.0 Å². The van der Waals surface area contributed by atoms with Crippen LogP contribution in [-0.4, -0.2) is 39.8 Å². The first-order valence-corrected chi connectivity index (χ1v) is 10.9. The highest BCUT2D eigenvalue weighted by molar-refractivity contribution is 14.0. The molecule has 10 heteroatoms. The number of nitrogens with zero attached hydrogens (tertiary/aromatic N) is 1. The van der Waals surface area contributed by atoms with Crippen molar-refractivity contribution in [2.45, 2.75) is 31.4 Å². The fourth-order valence-electron chi connectivity index (χ4n) is 2.57. The van der Waals surface area contributed by atoms with E-state index in [4.69, 9.17) is 0 Å².